The Balaban J connectivity index is 0.00000361. The zero-order valence-corrected chi connectivity index (χ0v) is 11.5. The molecule has 20 heavy (non-hydrogen) atoms. The number of rotatable bonds is 6. The summed E-state index contributed by atoms with van der Waals surface area (Å²) in [6, 6.07) is 2.73. The van der Waals surface area contributed by atoms with Gasteiger partial charge < -0.3 is 21.3 Å². The third kappa shape index (κ3) is 6.31. The molecule has 0 aromatic heterocycles. The maximum Gasteiger partial charge on any atom is 0.573 e. The third-order valence-electron chi connectivity index (χ3n) is 2.60. The fraction of sp³-hybridized carbons (Fsp3) is 0.500. The SMILES string of the molecule is Cl.NCCCC[C@@H](N)c1cc(OC(F)(F)F)ccc1O. The van der Waals surface area contributed by atoms with E-state index in [9.17, 15) is 18.3 Å². The molecule has 0 aliphatic carbocycles. The van der Waals surface area contributed by atoms with Crippen molar-refractivity contribution in [3.8, 4) is 11.5 Å². The minimum atomic E-state index is -4.77. The van der Waals surface area contributed by atoms with E-state index in [2.05, 4.69) is 4.74 Å². The van der Waals surface area contributed by atoms with Crippen LogP contribution in [0.15, 0.2) is 18.2 Å². The van der Waals surface area contributed by atoms with Crippen LogP contribution in [0.1, 0.15) is 30.9 Å². The Morgan fingerprint density at radius 3 is 2.45 bits per heavy atom. The molecule has 0 unspecified atom stereocenters. The van der Waals surface area contributed by atoms with Gasteiger partial charge in [-0.15, -0.1) is 25.6 Å². The Morgan fingerprint density at radius 2 is 1.90 bits per heavy atom. The summed E-state index contributed by atoms with van der Waals surface area (Å²) < 4.78 is 40.1. The molecule has 0 aliphatic heterocycles. The van der Waals surface area contributed by atoms with Gasteiger partial charge in [0.1, 0.15) is 11.5 Å². The quantitative estimate of drug-likeness (QED) is 0.705. The molecule has 0 heterocycles. The molecule has 5 N–H and O–H groups in total. The summed E-state index contributed by atoms with van der Waals surface area (Å²) in [5, 5.41) is 9.62. The summed E-state index contributed by atoms with van der Waals surface area (Å²) in [5.74, 6) is -0.538. The number of phenolic OH excluding ortho intramolecular Hbond substituents is 1. The van der Waals surface area contributed by atoms with Gasteiger partial charge in [0.05, 0.1) is 0 Å². The van der Waals surface area contributed by atoms with Gasteiger partial charge in [-0.05, 0) is 37.6 Å². The van der Waals surface area contributed by atoms with Gasteiger partial charge in [0.2, 0.25) is 0 Å². The highest BCUT2D eigenvalue weighted by Gasteiger charge is 2.31. The Labute approximate surface area is 121 Å². The molecule has 116 valence electrons. The average Bonchev–Trinajstić information content (AvgIpc) is 2.30. The highest BCUT2D eigenvalue weighted by molar-refractivity contribution is 5.85. The second-order valence-electron chi connectivity index (χ2n) is 4.16. The van der Waals surface area contributed by atoms with Crippen molar-refractivity contribution >= 4 is 12.4 Å². The molecule has 0 bridgehead atoms. The molecule has 1 atom stereocenters. The second kappa shape index (κ2) is 8.18. The van der Waals surface area contributed by atoms with E-state index in [1.54, 1.807) is 0 Å². The predicted molar refractivity (Wildman–Crippen MR) is 71.9 cm³/mol. The van der Waals surface area contributed by atoms with Gasteiger partial charge in [0, 0.05) is 11.6 Å². The molecule has 0 aliphatic rings. The molecule has 0 saturated heterocycles. The minimum absolute atomic E-state index is 0. The van der Waals surface area contributed by atoms with Crippen LogP contribution in [0, 0.1) is 0 Å². The second-order valence-corrected chi connectivity index (χ2v) is 4.16. The molecule has 1 aromatic rings. The molecule has 8 heteroatoms. The fourth-order valence-corrected chi connectivity index (χ4v) is 1.69. The van der Waals surface area contributed by atoms with Crippen LogP contribution in [-0.2, 0) is 0 Å². The number of benzene rings is 1. The Bertz CT molecular complexity index is 416. The molecule has 0 saturated carbocycles. The number of unbranched alkanes of at least 4 members (excludes halogenated alkanes) is 1. The third-order valence-corrected chi connectivity index (χ3v) is 2.60. The first kappa shape index (κ1) is 18.8. The van der Waals surface area contributed by atoms with Crippen LogP contribution in [0.2, 0.25) is 0 Å². The Morgan fingerprint density at radius 1 is 1.25 bits per heavy atom. The van der Waals surface area contributed by atoms with Gasteiger partial charge in [-0.3, -0.25) is 0 Å². The van der Waals surface area contributed by atoms with E-state index in [-0.39, 0.29) is 23.7 Å². The largest absolute Gasteiger partial charge is 0.573 e. The smallest absolute Gasteiger partial charge is 0.508 e. The lowest BCUT2D eigenvalue weighted by Crippen LogP contribution is -2.18. The summed E-state index contributed by atoms with van der Waals surface area (Å²) in [6.07, 6.45) is -2.73. The molecular formula is C12H18ClF3N2O2. The van der Waals surface area contributed by atoms with E-state index in [1.165, 1.54) is 0 Å². The highest BCUT2D eigenvalue weighted by Crippen LogP contribution is 2.32. The van der Waals surface area contributed by atoms with Crippen LogP contribution in [0.3, 0.4) is 0 Å². The first-order chi connectivity index (χ1) is 8.83. The van der Waals surface area contributed by atoms with E-state index < -0.39 is 18.2 Å². The lowest BCUT2D eigenvalue weighted by Gasteiger charge is -2.16. The monoisotopic (exact) mass is 314 g/mol. The number of nitrogens with two attached hydrogens (primary N) is 2. The minimum Gasteiger partial charge on any atom is -0.508 e. The molecule has 0 fully saturated rings. The van der Waals surface area contributed by atoms with Crippen molar-refractivity contribution in [1.29, 1.82) is 0 Å². The van der Waals surface area contributed by atoms with Crippen molar-refractivity contribution < 1.29 is 23.0 Å². The number of hydrogen-bond donors (Lipinski definition) is 3. The maximum absolute atomic E-state index is 12.1. The number of hydrogen-bond acceptors (Lipinski definition) is 4. The Kier molecular flexibility index (Phi) is 7.70. The van der Waals surface area contributed by atoms with Crippen molar-refractivity contribution in [3.05, 3.63) is 23.8 Å². The van der Waals surface area contributed by atoms with Crippen LogP contribution in [0.4, 0.5) is 13.2 Å². The molecule has 1 aromatic carbocycles. The van der Waals surface area contributed by atoms with Gasteiger partial charge >= 0.3 is 6.36 Å². The standard InChI is InChI=1S/C12H17F3N2O2.ClH/c13-12(14,15)19-8-4-5-11(18)9(7-8)10(17)3-1-2-6-16;/h4-5,7,10,18H,1-3,6,16-17H2;1H/t10-;/m1./s1. The van der Waals surface area contributed by atoms with Crippen molar-refractivity contribution in [3.63, 3.8) is 0 Å². The van der Waals surface area contributed by atoms with Crippen molar-refractivity contribution in [2.24, 2.45) is 11.5 Å². The normalized spacial score (nSPS) is 12.7. The zero-order valence-electron chi connectivity index (χ0n) is 10.7. The van der Waals surface area contributed by atoms with Crippen molar-refractivity contribution in [2.75, 3.05) is 6.54 Å². The highest BCUT2D eigenvalue weighted by atomic mass is 35.5. The van der Waals surface area contributed by atoms with Crippen LogP contribution in [-0.4, -0.2) is 18.0 Å². The van der Waals surface area contributed by atoms with Gasteiger partial charge in [0.15, 0.2) is 0 Å². The average molecular weight is 315 g/mol. The summed E-state index contributed by atoms with van der Waals surface area (Å²) in [6.45, 7) is 0.524. The molecule has 1 rings (SSSR count). The molecule has 0 radical (unpaired) electrons. The Hall–Kier alpha value is -1.18. The van der Waals surface area contributed by atoms with Crippen LogP contribution in [0.5, 0.6) is 11.5 Å². The molecule has 4 nitrogen and oxygen atoms in total. The van der Waals surface area contributed by atoms with Crippen LogP contribution >= 0.6 is 12.4 Å². The molecular weight excluding hydrogens is 297 g/mol. The van der Waals surface area contributed by atoms with E-state index in [1.807, 2.05) is 0 Å². The summed E-state index contributed by atoms with van der Waals surface area (Å²) in [5.41, 5.74) is 11.4. The van der Waals surface area contributed by atoms with E-state index in [0.717, 1.165) is 31.0 Å². The van der Waals surface area contributed by atoms with Crippen molar-refractivity contribution in [2.45, 2.75) is 31.7 Å². The number of alkyl halides is 3. The lowest BCUT2D eigenvalue weighted by molar-refractivity contribution is -0.274. The van der Waals surface area contributed by atoms with Gasteiger partial charge in [0.25, 0.3) is 0 Å². The summed E-state index contributed by atoms with van der Waals surface area (Å²) >= 11 is 0. The fourth-order valence-electron chi connectivity index (χ4n) is 1.69. The number of aromatic hydroxyl groups is 1. The van der Waals surface area contributed by atoms with Gasteiger partial charge in [-0.2, -0.15) is 0 Å². The zero-order chi connectivity index (χ0) is 14.5. The topological polar surface area (TPSA) is 81.5 Å². The van der Waals surface area contributed by atoms with E-state index in [4.69, 9.17) is 11.5 Å². The first-order valence-electron chi connectivity index (χ1n) is 5.88. The predicted octanol–water partition coefficient (Wildman–Crippen LogP) is 2.84. The van der Waals surface area contributed by atoms with E-state index >= 15 is 0 Å². The molecule has 0 amide bonds. The number of ether oxygens (including phenoxy) is 1. The molecule has 0 spiro atoms. The summed E-state index contributed by atoms with van der Waals surface area (Å²) in [7, 11) is 0. The first-order valence-corrected chi connectivity index (χ1v) is 5.88. The van der Waals surface area contributed by atoms with Gasteiger partial charge in [-0.25, -0.2) is 0 Å². The van der Waals surface area contributed by atoms with E-state index in [0.29, 0.717) is 13.0 Å². The van der Waals surface area contributed by atoms with Gasteiger partial charge in [-0.1, -0.05) is 6.42 Å². The summed E-state index contributed by atoms with van der Waals surface area (Å²) in [4.78, 5) is 0. The van der Waals surface area contributed by atoms with Crippen LogP contribution in [0.25, 0.3) is 0 Å². The van der Waals surface area contributed by atoms with Crippen LogP contribution < -0.4 is 16.2 Å². The van der Waals surface area contributed by atoms with Crippen molar-refractivity contribution in [1.82, 2.24) is 0 Å². The number of halogens is 4. The lowest BCUT2D eigenvalue weighted by atomic mass is 10.0. The number of phenols is 1. The maximum atomic E-state index is 12.1.